The summed E-state index contributed by atoms with van der Waals surface area (Å²) in [6.45, 7) is 1.93. The summed E-state index contributed by atoms with van der Waals surface area (Å²) in [5.41, 5.74) is 0.850. The summed E-state index contributed by atoms with van der Waals surface area (Å²) in [7, 11) is 0. The fourth-order valence-corrected chi connectivity index (χ4v) is 1.42. The summed E-state index contributed by atoms with van der Waals surface area (Å²) in [5, 5.41) is 20.1. The largest absolute Gasteiger partial charge is 0.445 e. The minimum atomic E-state index is -0.566. The lowest BCUT2D eigenvalue weighted by Gasteiger charge is -2.04. The van der Waals surface area contributed by atoms with E-state index in [2.05, 4.69) is 0 Å². The van der Waals surface area contributed by atoms with Crippen LogP contribution in [0.2, 0.25) is 0 Å². The highest BCUT2D eigenvalue weighted by Crippen LogP contribution is 2.29. The third kappa shape index (κ3) is 2.54. The first kappa shape index (κ1) is 11.8. The number of aryl methyl sites for hydroxylation is 1. The average molecular weight is 247 g/mol. The molecule has 1 aromatic carbocycles. The molecule has 0 amide bonds. The Morgan fingerprint density at radius 3 is 2.56 bits per heavy atom. The molecule has 0 aliphatic heterocycles. The van der Waals surface area contributed by atoms with Gasteiger partial charge in [-0.05, 0) is 19.1 Å². The molecule has 2 rings (SSSR count). The molecule has 1 N–H and O–H groups in total. The van der Waals surface area contributed by atoms with Gasteiger partial charge in [0, 0.05) is 4.73 Å². The van der Waals surface area contributed by atoms with Crippen molar-refractivity contribution < 1.29 is 19.6 Å². The van der Waals surface area contributed by atoms with E-state index < -0.39 is 4.92 Å². The van der Waals surface area contributed by atoms with Crippen LogP contribution in [0.15, 0.2) is 42.7 Å². The summed E-state index contributed by atoms with van der Waals surface area (Å²) in [6, 6.07) is 8.24. The molecule has 0 atom stereocenters. The van der Waals surface area contributed by atoms with Crippen molar-refractivity contribution in [2.75, 3.05) is 0 Å². The van der Waals surface area contributed by atoms with Gasteiger partial charge in [0.25, 0.3) is 11.9 Å². The second-order valence-electron chi connectivity index (χ2n) is 3.75. The summed E-state index contributed by atoms with van der Waals surface area (Å²) in [5.74, 6) is 0.448. The van der Waals surface area contributed by atoms with E-state index in [-0.39, 0.29) is 11.4 Å². The van der Waals surface area contributed by atoms with Crippen molar-refractivity contribution in [1.29, 1.82) is 0 Å². The van der Waals surface area contributed by atoms with Gasteiger partial charge in [-0.2, -0.15) is 0 Å². The lowest BCUT2D eigenvalue weighted by Crippen LogP contribution is -2.28. The van der Waals surface area contributed by atoms with Gasteiger partial charge in [0.05, 0.1) is 11.0 Å². The van der Waals surface area contributed by atoms with Crippen LogP contribution >= 0.6 is 0 Å². The van der Waals surface area contributed by atoms with Crippen molar-refractivity contribution in [3.63, 3.8) is 0 Å². The molecule has 0 aliphatic carbocycles. The summed E-state index contributed by atoms with van der Waals surface area (Å²) >= 11 is 0. The Kier molecular flexibility index (Phi) is 3.09. The van der Waals surface area contributed by atoms with Crippen LogP contribution < -0.4 is 9.47 Å². The molecule has 0 unspecified atom stereocenters. The summed E-state index contributed by atoms with van der Waals surface area (Å²) in [4.78, 5) is 10.2. The van der Waals surface area contributed by atoms with Gasteiger partial charge in [0.1, 0.15) is 5.75 Å². The molecule has 0 radical (unpaired) electrons. The molecular weight excluding hydrogens is 236 g/mol. The predicted octanol–water partition coefficient (Wildman–Crippen LogP) is 2.22. The van der Waals surface area contributed by atoms with Gasteiger partial charge in [0.15, 0.2) is 0 Å². The molecular formula is C12H11N2O4+. The zero-order chi connectivity index (χ0) is 13.1. The second kappa shape index (κ2) is 4.70. The van der Waals surface area contributed by atoms with Crippen LogP contribution in [0.4, 0.5) is 5.69 Å². The van der Waals surface area contributed by atoms with E-state index in [0.29, 0.717) is 10.5 Å². The van der Waals surface area contributed by atoms with E-state index in [1.807, 2.05) is 19.1 Å². The highest BCUT2D eigenvalue weighted by molar-refractivity contribution is 5.44. The first-order chi connectivity index (χ1) is 8.56. The molecule has 0 fully saturated rings. The van der Waals surface area contributed by atoms with E-state index in [4.69, 9.17) is 4.74 Å². The highest BCUT2D eigenvalue weighted by Gasteiger charge is 2.20. The summed E-state index contributed by atoms with van der Waals surface area (Å²) < 4.78 is 6.09. The number of nitrogens with zero attached hydrogens (tertiary/aromatic N) is 2. The Balaban J connectivity index is 2.35. The van der Waals surface area contributed by atoms with E-state index in [0.717, 1.165) is 11.8 Å². The minimum Gasteiger partial charge on any atom is -0.445 e. The quantitative estimate of drug-likeness (QED) is 0.390. The van der Waals surface area contributed by atoms with Crippen LogP contribution in [0.5, 0.6) is 11.5 Å². The van der Waals surface area contributed by atoms with Crippen molar-refractivity contribution >= 4 is 5.69 Å². The summed E-state index contributed by atoms with van der Waals surface area (Å²) in [6.07, 6.45) is 2.30. The Morgan fingerprint density at radius 1 is 1.28 bits per heavy atom. The molecule has 0 spiro atoms. The van der Waals surface area contributed by atoms with E-state index >= 15 is 0 Å². The van der Waals surface area contributed by atoms with Gasteiger partial charge in [0.2, 0.25) is 6.20 Å². The maximum atomic E-state index is 10.8. The molecule has 6 nitrogen and oxygen atoms in total. The Hall–Kier alpha value is -2.63. The zero-order valence-electron chi connectivity index (χ0n) is 9.61. The normalized spacial score (nSPS) is 10.1. The standard InChI is InChI=1S/C12H11N2O4/c1-9-2-4-10(5-3-9)18-12-8-13(15)7-6-11(12)14(16)17/h2-8,15H,1H3/q+1. The molecule has 1 heterocycles. The molecule has 0 aliphatic rings. The number of hydrogen-bond acceptors (Lipinski definition) is 4. The van der Waals surface area contributed by atoms with Gasteiger partial charge in [-0.1, -0.05) is 17.7 Å². The van der Waals surface area contributed by atoms with Gasteiger partial charge in [-0.3, -0.25) is 15.3 Å². The smallest absolute Gasteiger partial charge is 0.324 e. The van der Waals surface area contributed by atoms with Gasteiger partial charge >= 0.3 is 5.69 Å². The van der Waals surface area contributed by atoms with Crippen LogP contribution in [-0.4, -0.2) is 10.1 Å². The SMILES string of the molecule is Cc1ccc(Oc2c[n+](O)ccc2[N+](=O)[O-])cc1. The van der Waals surface area contributed by atoms with Crippen LogP contribution in [-0.2, 0) is 0 Å². The van der Waals surface area contributed by atoms with Crippen molar-refractivity contribution in [2.45, 2.75) is 6.92 Å². The second-order valence-corrected chi connectivity index (χ2v) is 3.75. The number of benzene rings is 1. The Labute approximate surface area is 103 Å². The Morgan fingerprint density at radius 2 is 1.94 bits per heavy atom. The number of ether oxygens (including phenoxy) is 1. The van der Waals surface area contributed by atoms with Gasteiger partial charge in [-0.25, -0.2) is 0 Å². The fourth-order valence-electron chi connectivity index (χ4n) is 1.42. The zero-order valence-corrected chi connectivity index (χ0v) is 9.61. The number of pyridine rings is 1. The number of hydrogen-bond donors (Lipinski definition) is 1. The highest BCUT2D eigenvalue weighted by atomic mass is 16.6. The minimum absolute atomic E-state index is 0.0196. The number of nitro groups is 1. The predicted molar refractivity (Wildman–Crippen MR) is 61.7 cm³/mol. The maximum absolute atomic E-state index is 10.8. The van der Waals surface area contributed by atoms with E-state index in [9.17, 15) is 15.3 Å². The molecule has 18 heavy (non-hydrogen) atoms. The van der Waals surface area contributed by atoms with Crippen LogP contribution in [0, 0.1) is 17.0 Å². The molecule has 1 aromatic heterocycles. The molecule has 0 saturated heterocycles. The Bertz CT molecular complexity index is 581. The average Bonchev–Trinajstić information content (AvgIpc) is 2.32. The van der Waals surface area contributed by atoms with Crippen molar-refractivity contribution in [3.8, 4) is 11.5 Å². The topological polar surface area (TPSA) is 76.5 Å². The number of aromatic nitrogens is 1. The molecule has 0 bridgehead atoms. The molecule has 2 aromatic rings. The third-order valence-electron chi connectivity index (χ3n) is 2.33. The molecule has 92 valence electrons. The van der Waals surface area contributed by atoms with E-state index in [1.54, 1.807) is 12.1 Å². The van der Waals surface area contributed by atoms with Crippen molar-refractivity contribution in [2.24, 2.45) is 0 Å². The first-order valence-corrected chi connectivity index (χ1v) is 5.20. The van der Waals surface area contributed by atoms with Crippen LogP contribution in [0.1, 0.15) is 5.56 Å². The van der Waals surface area contributed by atoms with Crippen molar-refractivity contribution in [3.05, 3.63) is 58.4 Å². The van der Waals surface area contributed by atoms with Gasteiger partial charge < -0.3 is 4.74 Å². The first-order valence-electron chi connectivity index (χ1n) is 5.20. The monoisotopic (exact) mass is 247 g/mol. The van der Waals surface area contributed by atoms with Crippen LogP contribution in [0.25, 0.3) is 0 Å². The van der Waals surface area contributed by atoms with E-state index in [1.165, 1.54) is 12.3 Å². The third-order valence-corrected chi connectivity index (χ3v) is 2.33. The fraction of sp³-hybridized carbons (Fsp3) is 0.0833. The van der Waals surface area contributed by atoms with Crippen LogP contribution in [0.3, 0.4) is 0 Å². The maximum Gasteiger partial charge on any atom is 0.324 e. The molecule has 0 saturated carbocycles. The van der Waals surface area contributed by atoms with Crippen molar-refractivity contribution in [1.82, 2.24) is 0 Å². The van der Waals surface area contributed by atoms with Gasteiger partial charge in [-0.15, -0.1) is 0 Å². The molecule has 6 heteroatoms. The lowest BCUT2D eigenvalue weighted by molar-refractivity contribution is -0.905. The number of rotatable bonds is 3. The lowest BCUT2D eigenvalue weighted by atomic mass is 10.2.